The number of hydrogen-bond donors (Lipinski definition) is 4. The summed E-state index contributed by atoms with van der Waals surface area (Å²) in [5.74, 6) is -2.56. The molecule has 0 fully saturated rings. The Labute approximate surface area is 365 Å². The minimum Gasteiger partial charge on any atom is -0.480 e. The monoisotopic (exact) mass is 871 g/mol. The smallest absolute Gasteiger partial charge is 0.472 e. The fourth-order valence-electron chi connectivity index (χ4n) is 4.93. The quantitative estimate of drug-likeness (QED) is 0.0151. The first-order valence-electron chi connectivity index (χ1n) is 21.7. The Morgan fingerprint density at radius 1 is 0.590 bits per heavy atom. The summed E-state index contributed by atoms with van der Waals surface area (Å²) in [5.41, 5.74) is 5.32. The van der Waals surface area contributed by atoms with Gasteiger partial charge in [0, 0.05) is 12.8 Å². The molecule has 13 heteroatoms. The minimum atomic E-state index is -4.76. The highest BCUT2D eigenvalue weighted by Crippen LogP contribution is 2.43. The van der Waals surface area contributed by atoms with Crippen molar-refractivity contribution < 1.29 is 52.6 Å². The molecule has 0 radical (unpaired) electrons. The molecule has 0 saturated heterocycles. The van der Waals surface area contributed by atoms with Crippen molar-refractivity contribution in [2.45, 2.75) is 141 Å². The van der Waals surface area contributed by atoms with E-state index in [9.17, 15) is 28.9 Å². The number of hydrogen-bond acceptors (Lipinski definition) is 10. The van der Waals surface area contributed by atoms with Gasteiger partial charge in [-0.3, -0.25) is 23.4 Å². The van der Waals surface area contributed by atoms with Gasteiger partial charge in [-0.05, 0) is 83.5 Å². The van der Waals surface area contributed by atoms with E-state index in [2.05, 4.69) is 79.1 Å². The summed E-state index contributed by atoms with van der Waals surface area (Å²) < 4.78 is 32.6. The van der Waals surface area contributed by atoms with Crippen molar-refractivity contribution in [1.82, 2.24) is 0 Å². The van der Waals surface area contributed by atoms with Gasteiger partial charge in [0.15, 0.2) is 6.10 Å². The summed E-state index contributed by atoms with van der Waals surface area (Å²) in [4.78, 5) is 45.9. The number of carboxylic acids is 1. The Kier molecular flexibility index (Phi) is 38.4. The molecule has 0 bridgehead atoms. The zero-order chi connectivity index (χ0) is 45.1. The highest BCUT2D eigenvalue weighted by molar-refractivity contribution is 7.47. The molecule has 0 aromatic carbocycles. The van der Waals surface area contributed by atoms with E-state index in [1.807, 2.05) is 54.7 Å². The standard InChI is InChI=1S/C48H74NO11P/c1-3-5-7-8-9-10-11-12-13-14-15-18-22-25-28-31-35-39-47(52)60-44(41-58-61(55,56)59-42-45(49)48(53)54)40-57-46(51)38-34-30-27-24-21-19-16-17-20-23-26-29-33-37-43(50)36-32-6-4-2/h5-7,9-10,12-13,15,17-21,26-27,29-30,32-33,37,43-45,50H,3-4,8,11,14,16,22-25,28,31,34-36,38-42,49H2,1-2H3,(H,53,54)(H,55,56)/b7-5-,10-9-,13-12-,18-15-,20-17-,21-19-,29-26+,30-27-,32-6-,37-33+/t43?,44-,45+/m1/s1. The van der Waals surface area contributed by atoms with Crippen molar-refractivity contribution in [2.75, 3.05) is 19.8 Å². The van der Waals surface area contributed by atoms with Crippen LogP contribution in [-0.2, 0) is 37.5 Å². The maximum atomic E-state index is 12.6. The number of aliphatic hydroxyl groups is 1. The summed E-state index contributed by atoms with van der Waals surface area (Å²) in [5, 5.41) is 18.7. The van der Waals surface area contributed by atoms with Crippen LogP contribution in [0.4, 0.5) is 0 Å². The fraction of sp³-hybridized carbons (Fsp3) is 0.521. The molecule has 2 unspecified atom stereocenters. The second-order valence-corrected chi connectivity index (χ2v) is 15.4. The number of phosphoric acid groups is 1. The van der Waals surface area contributed by atoms with Crippen LogP contribution in [0.15, 0.2) is 122 Å². The molecule has 0 aromatic rings. The van der Waals surface area contributed by atoms with Crippen LogP contribution in [0.1, 0.15) is 123 Å². The average Bonchev–Trinajstić information content (AvgIpc) is 3.23. The molecule has 5 N–H and O–H groups in total. The first-order chi connectivity index (χ1) is 29.5. The first kappa shape index (κ1) is 56.8. The lowest BCUT2D eigenvalue weighted by molar-refractivity contribution is -0.161. The SMILES string of the molecule is CC/C=C\C/C=C\C/C=C\C/C=C\CCCCCCC(=O)O[C@H](COC(=O)CC/C=C\C/C=C\C/C=C\C/C=C/C=C/C(O)C/C=C\CC)COP(=O)(O)OC[C@H](N)C(=O)O. The van der Waals surface area contributed by atoms with Crippen LogP contribution in [0.25, 0.3) is 0 Å². The van der Waals surface area contributed by atoms with Crippen molar-refractivity contribution in [3.63, 3.8) is 0 Å². The fourth-order valence-corrected chi connectivity index (χ4v) is 5.71. The molecule has 0 aliphatic carbocycles. The van der Waals surface area contributed by atoms with Crippen molar-refractivity contribution in [1.29, 1.82) is 0 Å². The van der Waals surface area contributed by atoms with Gasteiger partial charge >= 0.3 is 25.7 Å². The lowest BCUT2D eigenvalue weighted by atomic mass is 10.1. The number of aliphatic carboxylic acids is 1. The Balaban J connectivity index is 4.59. The molecule has 0 saturated carbocycles. The number of nitrogens with two attached hydrogens (primary N) is 1. The summed E-state index contributed by atoms with van der Waals surface area (Å²) in [7, 11) is -4.76. The van der Waals surface area contributed by atoms with E-state index in [-0.39, 0.29) is 12.8 Å². The first-order valence-corrected chi connectivity index (χ1v) is 23.2. The zero-order valence-corrected chi connectivity index (χ0v) is 37.4. The van der Waals surface area contributed by atoms with Gasteiger partial charge < -0.3 is 30.3 Å². The van der Waals surface area contributed by atoms with E-state index in [1.165, 1.54) is 0 Å². The largest absolute Gasteiger partial charge is 0.480 e. The lowest BCUT2D eigenvalue weighted by Gasteiger charge is -2.20. The maximum absolute atomic E-state index is 12.6. The highest BCUT2D eigenvalue weighted by atomic mass is 31.2. The van der Waals surface area contributed by atoms with Gasteiger partial charge in [0.1, 0.15) is 12.6 Å². The van der Waals surface area contributed by atoms with Crippen molar-refractivity contribution >= 4 is 25.7 Å². The maximum Gasteiger partial charge on any atom is 0.472 e. The number of unbranched alkanes of at least 4 members (excludes halogenated alkanes) is 4. The molecule has 12 nitrogen and oxygen atoms in total. The van der Waals surface area contributed by atoms with Gasteiger partial charge in [-0.1, -0.05) is 148 Å². The van der Waals surface area contributed by atoms with Crippen LogP contribution in [0.2, 0.25) is 0 Å². The lowest BCUT2D eigenvalue weighted by Crippen LogP contribution is -2.34. The Morgan fingerprint density at radius 3 is 1.69 bits per heavy atom. The van der Waals surface area contributed by atoms with Gasteiger partial charge in [0.2, 0.25) is 0 Å². The van der Waals surface area contributed by atoms with Crippen LogP contribution in [0.5, 0.6) is 0 Å². The average molecular weight is 872 g/mol. The summed E-state index contributed by atoms with van der Waals surface area (Å²) in [6.07, 6.45) is 51.8. The normalized spacial score (nSPS) is 15.4. The number of rotatable bonds is 38. The van der Waals surface area contributed by atoms with Crippen LogP contribution in [0.3, 0.4) is 0 Å². The third-order valence-electron chi connectivity index (χ3n) is 8.30. The molecule has 0 aliphatic rings. The number of ether oxygens (including phenoxy) is 2. The number of carboxylic acid groups (broad SMARTS) is 1. The minimum absolute atomic E-state index is 0.0671. The molecule has 342 valence electrons. The zero-order valence-electron chi connectivity index (χ0n) is 36.6. The van der Waals surface area contributed by atoms with Crippen LogP contribution >= 0.6 is 7.82 Å². The van der Waals surface area contributed by atoms with Gasteiger partial charge in [0.05, 0.1) is 19.3 Å². The second-order valence-electron chi connectivity index (χ2n) is 13.9. The predicted octanol–water partition coefficient (Wildman–Crippen LogP) is 10.6. The van der Waals surface area contributed by atoms with Crippen molar-refractivity contribution in [3.05, 3.63) is 122 Å². The number of phosphoric ester groups is 1. The topological polar surface area (TPSA) is 192 Å². The van der Waals surface area contributed by atoms with Gasteiger partial charge in [0.25, 0.3) is 0 Å². The third-order valence-corrected chi connectivity index (χ3v) is 9.25. The van der Waals surface area contributed by atoms with Crippen molar-refractivity contribution in [2.24, 2.45) is 5.73 Å². The van der Waals surface area contributed by atoms with E-state index < -0.39 is 63.8 Å². The number of carbonyl (C=O) groups excluding carboxylic acids is 2. The molecular formula is C48H74NO11P. The summed E-state index contributed by atoms with van der Waals surface area (Å²) in [6.45, 7) is 2.34. The second kappa shape index (κ2) is 41.2. The molecule has 0 rings (SSSR count). The molecule has 0 aromatic heterocycles. The molecule has 4 atom stereocenters. The molecular weight excluding hydrogens is 797 g/mol. The van der Waals surface area contributed by atoms with Crippen LogP contribution in [0, 0.1) is 0 Å². The molecule has 0 heterocycles. The van der Waals surface area contributed by atoms with E-state index in [1.54, 1.807) is 6.08 Å². The molecule has 61 heavy (non-hydrogen) atoms. The number of aliphatic hydroxyl groups excluding tert-OH is 1. The van der Waals surface area contributed by atoms with Crippen LogP contribution < -0.4 is 5.73 Å². The molecule has 0 amide bonds. The molecule has 0 spiro atoms. The number of carbonyl (C=O) groups is 3. The summed E-state index contributed by atoms with van der Waals surface area (Å²) in [6, 6.07) is -1.55. The van der Waals surface area contributed by atoms with Crippen LogP contribution in [-0.4, -0.2) is 71.1 Å². The van der Waals surface area contributed by atoms with E-state index >= 15 is 0 Å². The Hall–Kier alpha value is -4.16. The van der Waals surface area contributed by atoms with E-state index in [0.29, 0.717) is 25.7 Å². The Morgan fingerprint density at radius 2 is 1.10 bits per heavy atom. The highest BCUT2D eigenvalue weighted by Gasteiger charge is 2.28. The summed E-state index contributed by atoms with van der Waals surface area (Å²) >= 11 is 0. The van der Waals surface area contributed by atoms with Gasteiger partial charge in [-0.15, -0.1) is 0 Å². The third kappa shape index (κ3) is 41.0. The predicted molar refractivity (Wildman–Crippen MR) is 245 cm³/mol. The number of esters is 2. The number of allylic oxidation sites excluding steroid dienone is 18. The van der Waals surface area contributed by atoms with Gasteiger partial charge in [-0.25, -0.2) is 4.57 Å². The molecule has 0 aliphatic heterocycles. The Bertz CT molecular complexity index is 1510. The van der Waals surface area contributed by atoms with Gasteiger partial charge in [-0.2, -0.15) is 0 Å². The van der Waals surface area contributed by atoms with E-state index in [4.69, 9.17) is 24.8 Å². The van der Waals surface area contributed by atoms with Crippen molar-refractivity contribution in [3.8, 4) is 0 Å². The van der Waals surface area contributed by atoms with E-state index in [0.717, 1.165) is 70.6 Å².